The molecule has 5 aliphatic rings. The fourth-order valence-corrected chi connectivity index (χ4v) is 11.8. The lowest BCUT2D eigenvalue weighted by atomic mass is 9.44. The summed E-state index contributed by atoms with van der Waals surface area (Å²) in [5, 5.41) is 27.6. The van der Waals surface area contributed by atoms with Crippen molar-refractivity contribution < 1.29 is 67.3 Å². The number of benzene rings is 2. The van der Waals surface area contributed by atoms with Gasteiger partial charge in [-0.1, -0.05) is 68.0 Å². The van der Waals surface area contributed by atoms with E-state index in [2.05, 4.69) is 10.2 Å². The molecule has 0 spiro atoms. The number of ketones is 1. The number of Topliss-reactive ketones (excluding diaryl/α,β-unsaturated/α-hetero) is 1. The smallest absolute Gasteiger partial charge is 0.408 e. The molecule has 2 bridgehead atoms. The molecular formula is C50H66N2O14. The molecule has 3 N–H and O–H groups in total. The minimum atomic E-state index is -2.01. The Morgan fingerprint density at radius 2 is 1.61 bits per heavy atom. The van der Waals surface area contributed by atoms with Crippen LogP contribution in [0.1, 0.15) is 90.2 Å². The number of methoxy groups -OCH3 is 1. The molecule has 1 amide bonds. The molecule has 2 aromatic rings. The van der Waals surface area contributed by atoms with Crippen molar-refractivity contribution in [3.63, 3.8) is 0 Å². The molecule has 2 saturated heterocycles. The highest BCUT2D eigenvalue weighted by molar-refractivity contribution is 5.92. The lowest BCUT2D eigenvalue weighted by Gasteiger charge is -2.67. The third-order valence-corrected chi connectivity index (χ3v) is 14.6. The molecular weight excluding hydrogens is 853 g/mol. The van der Waals surface area contributed by atoms with Gasteiger partial charge in [0.1, 0.15) is 35.8 Å². The van der Waals surface area contributed by atoms with Gasteiger partial charge >= 0.3 is 24.0 Å². The number of nitrogens with zero attached hydrogens (tertiary/aromatic N) is 1. The van der Waals surface area contributed by atoms with Gasteiger partial charge in [-0.15, -0.1) is 0 Å². The van der Waals surface area contributed by atoms with Gasteiger partial charge in [0.2, 0.25) is 0 Å². The first-order valence-corrected chi connectivity index (χ1v) is 22.9. The molecule has 360 valence electrons. The molecule has 2 unspecified atom stereocenters. The first kappa shape index (κ1) is 49.2. The Morgan fingerprint density at radius 3 is 2.18 bits per heavy atom. The van der Waals surface area contributed by atoms with Gasteiger partial charge in [-0.2, -0.15) is 0 Å². The molecule has 2 saturated carbocycles. The number of amides is 1. The number of esters is 3. The summed E-state index contributed by atoms with van der Waals surface area (Å²) in [4.78, 5) is 73.9. The fraction of sp³-hybridized carbons (Fsp3) is 0.620. The van der Waals surface area contributed by atoms with Crippen molar-refractivity contribution >= 4 is 29.8 Å². The van der Waals surface area contributed by atoms with Gasteiger partial charge in [0.15, 0.2) is 11.7 Å². The number of morpholine rings is 1. The Balaban J connectivity index is 1.40. The molecule has 2 heterocycles. The van der Waals surface area contributed by atoms with Crippen LogP contribution in [-0.2, 0) is 47.5 Å². The van der Waals surface area contributed by atoms with Crippen LogP contribution in [0.4, 0.5) is 4.79 Å². The predicted molar refractivity (Wildman–Crippen MR) is 238 cm³/mol. The Kier molecular flexibility index (Phi) is 14.3. The summed E-state index contributed by atoms with van der Waals surface area (Å²) in [6, 6.07) is 15.3. The van der Waals surface area contributed by atoms with Crippen LogP contribution in [0.3, 0.4) is 0 Å². The number of aliphatic hydroxyl groups is 2. The van der Waals surface area contributed by atoms with Gasteiger partial charge in [0.25, 0.3) is 0 Å². The zero-order chi connectivity index (χ0) is 47.9. The third kappa shape index (κ3) is 9.16. The van der Waals surface area contributed by atoms with Gasteiger partial charge in [-0.3, -0.25) is 14.5 Å². The van der Waals surface area contributed by atoms with E-state index in [4.69, 9.17) is 33.2 Å². The van der Waals surface area contributed by atoms with Crippen molar-refractivity contribution in [2.75, 3.05) is 46.6 Å². The monoisotopic (exact) mass is 918 g/mol. The van der Waals surface area contributed by atoms with Gasteiger partial charge in [-0.25, -0.2) is 14.4 Å². The summed E-state index contributed by atoms with van der Waals surface area (Å²) in [6.07, 6.45) is -8.54. The maximum absolute atomic E-state index is 16.3. The average Bonchev–Trinajstić information content (AvgIpc) is 3.26. The molecule has 66 heavy (non-hydrogen) atoms. The van der Waals surface area contributed by atoms with Crippen LogP contribution in [-0.4, -0.2) is 139 Å². The normalized spacial score (nSPS) is 32.7. The molecule has 12 atom stereocenters. The average molecular weight is 919 g/mol. The number of hydrogen-bond donors (Lipinski definition) is 3. The maximum Gasteiger partial charge on any atom is 0.408 e. The van der Waals surface area contributed by atoms with Crippen molar-refractivity contribution in [1.82, 2.24) is 10.2 Å². The van der Waals surface area contributed by atoms with E-state index >= 15 is 4.79 Å². The first-order chi connectivity index (χ1) is 31.1. The summed E-state index contributed by atoms with van der Waals surface area (Å²) in [7, 11) is 1.51. The lowest BCUT2D eigenvalue weighted by Crippen LogP contribution is -2.79. The molecule has 0 radical (unpaired) electrons. The second-order valence-electron chi connectivity index (χ2n) is 20.1. The highest BCUT2D eigenvalue weighted by atomic mass is 16.6. The maximum atomic E-state index is 16.3. The number of carbonyl (C=O) groups excluding carboxylic acids is 5. The predicted octanol–water partition coefficient (Wildman–Crippen LogP) is 4.75. The number of ether oxygens (including phenoxy) is 7. The number of rotatable bonds is 12. The minimum Gasteiger partial charge on any atom is -0.458 e. The molecule has 0 aromatic heterocycles. The van der Waals surface area contributed by atoms with E-state index in [0.717, 1.165) is 0 Å². The molecule has 3 aliphatic carbocycles. The van der Waals surface area contributed by atoms with E-state index in [1.807, 2.05) is 13.8 Å². The van der Waals surface area contributed by atoms with Gasteiger partial charge < -0.3 is 48.7 Å². The first-order valence-electron chi connectivity index (χ1n) is 22.9. The van der Waals surface area contributed by atoms with E-state index < -0.39 is 106 Å². The summed E-state index contributed by atoms with van der Waals surface area (Å²) in [6.45, 7) is 16.3. The van der Waals surface area contributed by atoms with Crippen LogP contribution < -0.4 is 5.32 Å². The van der Waals surface area contributed by atoms with Crippen LogP contribution in [0.5, 0.6) is 0 Å². The van der Waals surface area contributed by atoms with Crippen molar-refractivity contribution in [3.8, 4) is 0 Å². The molecule has 16 heteroatoms. The molecule has 2 aromatic carbocycles. The second kappa shape index (κ2) is 19.1. The van der Waals surface area contributed by atoms with Crippen molar-refractivity contribution in [2.24, 2.45) is 28.6 Å². The number of aliphatic hydroxyl groups excluding tert-OH is 2. The summed E-state index contributed by atoms with van der Waals surface area (Å²) in [5.74, 6) is -6.00. The van der Waals surface area contributed by atoms with Crippen LogP contribution in [0.15, 0.2) is 71.8 Å². The summed E-state index contributed by atoms with van der Waals surface area (Å²) < 4.78 is 42.8. The van der Waals surface area contributed by atoms with Crippen LogP contribution in [0.25, 0.3) is 0 Å². The molecule has 2 aliphatic heterocycles. The van der Waals surface area contributed by atoms with Gasteiger partial charge in [0.05, 0.1) is 48.9 Å². The van der Waals surface area contributed by atoms with Crippen molar-refractivity contribution in [3.05, 3.63) is 82.9 Å². The largest absolute Gasteiger partial charge is 0.458 e. The van der Waals surface area contributed by atoms with E-state index in [9.17, 15) is 29.4 Å². The van der Waals surface area contributed by atoms with E-state index in [0.29, 0.717) is 56.0 Å². The Hall–Kier alpha value is -4.71. The number of fused-ring (bicyclic) bond motifs is 5. The zero-order valence-corrected chi connectivity index (χ0v) is 39.4. The van der Waals surface area contributed by atoms with Gasteiger partial charge in [-0.05, 0) is 76.3 Å². The standard InChI is InChI=1S/C50H66N2O14/c1-28-35-32(20-21-52-22-24-61-25-23-52)43(56)49(8)33(60-9)26-34-50(27-62-34,65-29(2)53)42(49)41(64-44(57)31-18-14-11-15-19-31)36(48(35,6)7)38(54)40(28)63-45(58)39(55)37(30-16-12-10-13-17-30)51-46(59)66-47(3,4)5/h10-19,32-34,36-42,54-55H,20-27H2,1-9H3,(H,51,59)/t32-,33+,34-,36?,37+,38-,39-,40-,41-,42?,49-,50+/m1/s1. The van der Waals surface area contributed by atoms with Crippen LogP contribution >= 0.6 is 0 Å². The zero-order valence-electron chi connectivity index (χ0n) is 39.4. The van der Waals surface area contributed by atoms with Crippen LogP contribution in [0.2, 0.25) is 0 Å². The molecule has 7 rings (SSSR count). The second-order valence-corrected chi connectivity index (χ2v) is 20.1. The number of alkyl carbamates (subject to hydrolysis) is 1. The molecule has 16 nitrogen and oxygen atoms in total. The fourth-order valence-electron chi connectivity index (χ4n) is 11.8. The van der Waals surface area contributed by atoms with Crippen molar-refractivity contribution in [2.45, 2.75) is 122 Å². The van der Waals surface area contributed by atoms with E-state index in [1.165, 1.54) is 14.0 Å². The van der Waals surface area contributed by atoms with E-state index in [-0.39, 0.29) is 24.4 Å². The topological polar surface area (TPSA) is 206 Å². The lowest BCUT2D eigenvalue weighted by molar-refractivity contribution is -0.338. The van der Waals surface area contributed by atoms with Crippen LogP contribution in [0, 0.1) is 28.6 Å². The minimum absolute atomic E-state index is 0.125. The Bertz CT molecular complexity index is 2150. The Morgan fingerprint density at radius 1 is 0.970 bits per heavy atom. The number of hydrogen-bond acceptors (Lipinski definition) is 15. The van der Waals surface area contributed by atoms with Crippen molar-refractivity contribution in [1.29, 1.82) is 0 Å². The quantitative estimate of drug-likeness (QED) is 0.149. The van der Waals surface area contributed by atoms with Gasteiger partial charge in [0, 0.05) is 45.4 Å². The Labute approximate surface area is 386 Å². The SMILES string of the molecule is CO[C@H]1C[C@H]2OC[C@@]2(OC(C)=O)C2[C@H](OC(=O)c3ccccc3)C3[C@@H](O)[C@H](OC(=O)[C@H](O)[C@@H](NC(=O)OC(C)(C)C)c4ccccc4)C(C)=C([C@@H](CCN4CCOCC4)C(=O)[C@@]21C)C3(C)C. The van der Waals surface area contributed by atoms with E-state index in [1.54, 1.807) is 95.3 Å². The third-order valence-electron chi connectivity index (χ3n) is 14.6. The number of allylic oxidation sites excluding steroid dienone is 1. The number of carbonyl (C=O) groups is 5. The molecule has 4 fully saturated rings. The highest BCUT2D eigenvalue weighted by Crippen LogP contribution is 2.64. The highest BCUT2D eigenvalue weighted by Gasteiger charge is 2.76. The summed E-state index contributed by atoms with van der Waals surface area (Å²) >= 11 is 0. The summed E-state index contributed by atoms with van der Waals surface area (Å²) in [5.41, 5.74) is -3.55. The number of nitrogens with one attached hydrogen (secondary N) is 1.